The number of rotatable bonds is 3. The molecule has 0 spiro atoms. The number of hydrogen-bond donors (Lipinski definition) is 0. The third kappa shape index (κ3) is 2.84. The van der Waals surface area contributed by atoms with Crippen LogP contribution in [0.2, 0.25) is 0 Å². The summed E-state index contributed by atoms with van der Waals surface area (Å²) in [5.41, 5.74) is 0.521. The van der Waals surface area contributed by atoms with Gasteiger partial charge in [0.05, 0.1) is 11.0 Å². The molecule has 0 aliphatic carbocycles. The fourth-order valence-electron chi connectivity index (χ4n) is 2.46. The zero-order valence-electron chi connectivity index (χ0n) is 11.5. The van der Waals surface area contributed by atoms with Crippen molar-refractivity contribution in [1.29, 1.82) is 0 Å². The summed E-state index contributed by atoms with van der Waals surface area (Å²) in [5, 5.41) is 10.8. The van der Waals surface area contributed by atoms with Gasteiger partial charge in [-0.2, -0.15) is 0 Å². The van der Waals surface area contributed by atoms with E-state index in [-0.39, 0.29) is 11.8 Å². The number of aromatic nitrogens is 1. The first-order valence-corrected chi connectivity index (χ1v) is 6.42. The molecule has 6 nitrogen and oxygen atoms in total. The van der Waals surface area contributed by atoms with E-state index >= 15 is 0 Å². The van der Waals surface area contributed by atoms with Crippen molar-refractivity contribution in [3.63, 3.8) is 0 Å². The summed E-state index contributed by atoms with van der Waals surface area (Å²) in [5.74, 6) is 1.32. The zero-order valence-corrected chi connectivity index (χ0v) is 11.5. The van der Waals surface area contributed by atoms with Crippen LogP contribution in [0.4, 0.5) is 11.5 Å². The molecule has 1 aliphatic rings. The smallest absolute Gasteiger partial charge is 0.290 e. The van der Waals surface area contributed by atoms with Crippen molar-refractivity contribution >= 4 is 11.5 Å². The summed E-state index contributed by atoms with van der Waals surface area (Å²) in [6.07, 6.45) is 1.22. The van der Waals surface area contributed by atoms with Crippen LogP contribution in [0.1, 0.15) is 19.0 Å². The van der Waals surface area contributed by atoms with E-state index in [4.69, 9.17) is 4.74 Å². The maximum atomic E-state index is 10.8. The molecule has 19 heavy (non-hydrogen) atoms. The van der Waals surface area contributed by atoms with Crippen molar-refractivity contribution in [1.82, 2.24) is 4.98 Å². The molecule has 0 aromatic carbocycles. The highest BCUT2D eigenvalue weighted by atomic mass is 16.6. The second-order valence-electron chi connectivity index (χ2n) is 5.02. The summed E-state index contributed by atoms with van der Waals surface area (Å²) in [6.45, 7) is 5.54. The second-order valence-corrected chi connectivity index (χ2v) is 5.02. The average Bonchev–Trinajstić information content (AvgIpc) is 2.38. The molecule has 0 radical (unpaired) electrons. The molecule has 0 saturated carbocycles. The summed E-state index contributed by atoms with van der Waals surface area (Å²) in [7, 11) is 1.72. The normalized spacial score (nSPS) is 23.4. The fraction of sp³-hybridized carbons (Fsp3) is 0.615. The predicted octanol–water partition coefficient (Wildman–Crippen LogP) is 2.16. The molecule has 2 rings (SSSR count). The predicted molar refractivity (Wildman–Crippen MR) is 72.4 cm³/mol. The molecule has 1 fully saturated rings. The van der Waals surface area contributed by atoms with Gasteiger partial charge in [-0.3, -0.25) is 10.1 Å². The van der Waals surface area contributed by atoms with Crippen molar-refractivity contribution in [3.05, 3.63) is 27.9 Å². The number of anilines is 1. The van der Waals surface area contributed by atoms with Crippen molar-refractivity contribution in [2.75, 3.05) is 25.1 Å². The number of ether oxygens (including phenoxy) is 1. The molecule has 2 atom stereocenters. The van der Waals surface area contributed by atoms with E-state index in [2.05, 4.69) is 16.8 Å². The third-order valence-corrected chi connectivity index (χ3v) is 3.76. The van der Waals surface area contributed by atoms with Crippen LogP contribution in [0.25, 0.3) is 0 Å². The number of hydrogen-bond acceptors (Lipinski definition) is 5. The average molecular weight is 265 g/mol. The van der Waals surface area contributed by atoms with Gasteiger partial charge in [0.25, 0.3) is 5.69 Å². The Hall–Kier alpha value is -1.69. The van der Waals surface area contributed by atoms with Gasteiger partial charge in [-0.05, 0) is 25.3 Å². The number of nitro groups is 1. The molecule has 2 heterocycles. The molecule has 1 aromatic heterocycles. The van der Waals surface area contributed by atoms with Gasteiger partial charge in [-0.1, -0.05) is 6.92 Å². The Morgan fingerprint density at radius 1 is 1.53 bits per heavy atom. The summed E-state index contributed by atoms with van der Waals surface area (Å²) in [4.78, 5) is 16.9. The maximum absolute atomic E-state index is 10.8. The lowest BCUT2D eigenvalue weighted by Gasteiger charge is -2.36. The molecule has 2 unspecified atom stereocenters. The van der Waals surface area contributed by atoms with Gasteiger partial charge in [0.15, 0.2) is 0 Å². The lowest BCUT2D eigenvalue weighted by molar-refractivity contribution is -0.385. The Bertz CT molecular complexity index is 478. The van der Waals surface area contributed by atoms with Crippen LogP contribution < -0.4 is 4.90 Å². The summed E-state index contributed by atoms with van der Waals surface area (Å²) in [6, 6.07) is 3.24. The Kier molecular flexibility index (Phi) is 3.99. The highest BCUT2D eigenvalue weighted by molar-refractivity contribution is 5.47. The summed E-state index contributed by atoms with van der Waals surface area (Å²) >= 11 is 0. The highest BCUT2D eigenvalue weighted by Gasteiger charge is 2.27. The molecule has 0 N–H and O–H groups in total. The van der Waals surface area contributed by atoms with E-state index in [9.17, 15) is 10.1 Å². The largest absolute Gasteiger partial charge is 0.379 e. The number of aryl methyl sites for hydroxylation is 1. The number of pyridine rings is 1. The molecule has 6 heteroatoms. The maximum Gasteiger partial charge on any atom is 0.290 e. The molecular formula is C13H19N3O3. The van der Waals surface area contributed by atoms with Crippen molar-refractivity contribution in [2.45, 2.75) is 26.4 Å². The topological polar surface area (TPSA) is 68.5 Å². The van der Waals surface area contributed by atoms with E-state index in [1.54, 1.807) is 20.1 Å². The van der Waals surface area contributed by atoms with E-state index in [0.29, 0.717) is 11.6 Å². The minimum absolute atomic E-state index is 0.0671. The van der Waals surface area contributed by atoms with Crippen LogP contribution in [0.5, 0.6) is 0 Å². The zero-order chi connectivity index (χ0) is 14.0. The first kappa shape index (κ1) is 13.7. The van der Waals surface area contributed by atoms with Crippen LogP contribution in [-0.2, 0) is 4.74 Å². The van der Waals surface area contributed by atoms with Gasteiger partial charge in [0.2, 0.25) is 0 Å². The first-order chi connectivity index (χ1) is 9.02. The highest BCUT2D eigenvalue weighted by Crippen LogP contribution is 2.26. The minimum atomic E-state index is -0.400. The minimum Gasteiger partial charge on any atom is -0.379 e. The Morgan fingerprint density at radius 2 is 2.26 bits per heavy atom. The molecule has 1 saturated heterocycles. The monoisotopic (exact) mass is 265 g/mol. The van der Waals surface area contributed by atoms with Gasteiger partial charge >= 0.3 is 0 Å². The van der Waals surface area contributed by atoms with Crippen LogP contribution in [0.3, 0.4) is 0 Å². The van der Waals surface area contributed by atoms with Crippen LogP contribution in [-0.4, -0.2) is 36.2 Å². The number of nitrogens with zero attached hydrogens (tertiary/aromatic N) is 3. The fourth-order valence-corrected chi connectivity index (χ4v) is 2.46. The van der Waals surface area contributed by atoms with Crippen LogP contribution >= 0.6 is 0 Å². The van der Waals surface area contributed by atoms with Gasteiger partial charge in [-0.15, -0.1) is 0 Å². The lowest BCUT2D eigenvalue weighted by Crippen LogP contribution is -2.44. The summed E-state index contributed by atoms with van der Waals surface area (Å²) < 4.78 is 5.47. The van der Waals surface area contributed by atoms with E-state index in [1.165, 1.54) is 6.07 Å². The first-order valence-electron chi connectivity index (χ1n) is 6.42. The number of piperidine rings is 1. The Labute approximate surface area is 112 Å². The lowest BCUT2D eigenvalue weighted by atomic mass is 9.96. The van der Waals surface area contributed by atoms with Gasteiger partial charge in [0, 0.05) is 26.3 Å². The molecular weight excluding hydrogens is 246 g/mol. The Balaban J connectivity index is 2.18. The molecule has 1 aliphatic heterocycles. The quantitative estimate of drug-likeness (QED) is 0.618. The standard InChI is InChI=1S/C13H19N3O3/c1-9-6-7-15(8-12(9)19-3)13-5-4-11(16(17)18)10(2)14-13/h4-5,9,12H,6-8H2,1-3H3. The SMILES string of the molecule is COC1CN(c2ccc([N+](=O)[O-])c(C)n2)CCC1C. The van der Waals surface area contributed by atoms with Crippen LogP contribution in [0.15, 0.2) is 12.1 Å². The molecule has 104 valence electrons. The van der Waals surface area contributed by atoms with Crippen molar-refractivity contribution < 1.29 is 9.66 Å². The third-order valence-electron chi connectivity index (χ3n) is 3.76. The van der Waals surface area contributed by atoms with Crippen molar-refractivity contribution in [3.8, 4) is 0 Å². The van der Waals surface area contributed by atoms with Crippen molar-refractivity contribution in [2.24, 2.45) is 5.92 Å². The van der Waals surface area contributed by atoms with Gasteiger partial charge in [-0.25, -0.2) is 4.98 Å². The van der Waals surface area contributed by atoms with Crippen LogP contribution in [0, 0.1) is 23.0 Å². The number of methoxy groups -OCH3 is 1. The Morgan fingerprint density at radius 3 is 2.84 bits per heavy atom. The van der Waals surface area contributed by atoms with Gasteiger partial charge in [0.1, 0.15) is 11.5 Å². The van der Waals surface area contributed by atoms with Gasteiger partial charge < -0.3 is 9.64 Å². The molecule has 0 amide bonds. The van der Waals surface area contributed by atoms with E-state index in [1.807, 2.05) is 0 Å². The second kappa shape index (κ2) is 5.52. The van der Waals surface area contributed by atoms with E-state index < -0.39 is 4.92 Å². The molecule has 0 bridgehead atoms. The molecule has 1 aromatic rings. The van der Waals surface area contributed by atoms with E-state index in [0.717, 1.165) is 25.3 Å².